The number of para-hydroxylation sites is 1. The SMILES string of the molecule is CC(=O)C1=NN(c2ccc([N+](=O)[O-])cc2)C2(S1)c1ccccc1C(c1cc(C)ccc1C)=NN2c1ccccc1. The zero-order valence-electron chi connectivity index (χ0n) is 22.1. The average molecular weight is 548 g/mol. The smallest absolute Gasteiger partial charge is 0.269 e. The van der Waals surface area contributed by atoms with Gasteiger partial charge in [0.1, 0.15) is 0 Å². The number of fused-ring (bicyclic) bond motifs is 2. The number of thioether (sulfide) groups is 1. The summed E-state index contributed by atoms with van der Waals surface area (Å²) in [4.78, 5) is 22.6. The Balaban J connectivity index is 1.66. The fourth-order valence-electron chi connectivity index (χ4n) is 5.05. The number of nitro benzene ring substituents is 1. The predicted octanol–water partition coefficient (Wildman–Crippen LogP) is 6.75. The molecule has 0 fully saturated rings. The highest BCUT2D eigenvalue weighted by molar-refractivity contribution is 8.17. The normalized spacial score (nSPS) is 17.9. The number of hydrogen-bond donors (Lipinski definition) is 0. The Morgan fingerprint density at radius 3 is 2.17 bits per heavy atom. The maximum atomic E-state index is 12.8. The minimum atomic E-state index is -1.11. The molecule has 0 N–H and O–H groups in total. The van der Waals surface area contributed by atoms with Crippen LogP contribution in [0.4, 0.5) is 17.1 Å². The van der Waals surface area contributed by atoms with Gasteiger partial charge >= 0.3 is 0 Å². The molecule has 9 heteroatoms. The molecule has 6 rings (SSSR count). The number of carbonyl (C=O) groups is 1. The predicted molar refractivity (Wildman–Crippen MR) is 160 cm³/mol. The molecule has 0 bridgehead atoms. The third kappa shape index (κ3) is 4.06. The number of anilines is 2. The summed E-state index contributed by atoms with van der Waals surface area (Å²) in [6, 6.07) is 30.3. The van der Waals surface area contributed by atoms with Gasteiger partial charge in [-0.15, -0.1) is 0 Å². The Hall–Kier alpha value is -4.76. The Kier molecular flexibility index (Phi) is 6.23. The third-order valence-corrected chi connectivity index (χ3v) is 8.41. The van der Waals surface area contributed by atoms with Crippen LogP contribution in [-0.4, -0.2) is 21.5 Å². The van der Waals surface area contributed by atoms with E-state index in [2.05, 4.69) is 32.0 Å². The van der Waals surface area contributed by atoms with Gasteiger partial charge in [-0.25, -0.2) is 10.0 Å². The average Bonchev–Trinajstić information content (AvgIpc) is 3.37. The van der Waals surface area contributed by atoms with Gasteiger partial charge in [-0.05, 0) is 61.5 Å². The molecular weight excluding hydrogens is 522 g/mol. The van der Waals surface area contributed by atoms with E-state index in [4.69, 9.17) is 10.2 Å². The van der Waals surface area contributed by atoms with E-state index in [1.807, 2.05) is 59.6 Å². The van der Waals surface area contributed by atoms with Crippen LogP contribution in [0.1, 0.15) is 34.7 Å². The fraction of sp³-hybridized carbons (Fsp3) is 0.129. The van der Waals surface area contributed by atoms with Gasteiger partial charge < -0.3 is 0 Å². The van der Waals surface area contributed by atoms with Crippen molar-refractivity contribution in [2.24, 2.45) is 10.2 Å². The molecule has 198 valence electrons. The number of ketones is 1. The Morgan fingerprint density at radius 1 is 0.825 bits per heavy atom. The highest BCUT2D eigenvalue weighted by Crippen LogP contribution is 2.55. The molecule has 0 aromatic heterocycles. The number of nitrogens with zero attached hydrogens (tertiary/aromatic N) is 5. The molecule has 4 aromatic carbocycles. The highest BCUT2D eigenvalue weighted by Gasteiger charge is 2.56. The van der Waals surface area contributed by atoms with Crippen molar-refractivity contribution < 1.29 is 9.72 Å². The molecule has 0 saturated carbocycles. The number of benzene rings is 4. The van der Waals surface area contributed by atoms with E-state index in [0.29, 0.717) is 10.7 Å². The third-order valence-electron chi connectivity index (χ3n) is 6.99. The van der Waals surface area contributed by atoms with Gasteiger partial charge in [-0.1, -0.05) is 60.2 Å². The monoisotopic (exact) mass is 547 g/mol. The second kappa shape index (κ2) is 9.77. The highest BCUT2D eigenvalue weighted by atomic mass is 32.2. The lowest BCUT2D eigenvalue weighted by molar-refractivity contribution is -0.384. The van der Waals surface area contributed by atoms with Crippen molar-refractivity contribution in [3.8, 4) is 0 Å². The molecule has 1 atom stereocenters. The maximum absolute atomic E-state index is 12.8. The van der Waals surface area contributed by atoms with Crippen molar-refractivity contribution in [2.45, 2.75) is 25.8 Å². The number of nitro groups is 1. The fourth-order valence-corrected chi connectivity index (χ4v) is 6.34. The standard InChI is InChI=1S/C31H25N5O3S/c1-20-13-14-21(2)27(19-20)29-26-11-7-8-12-28(26)31(34(32-29)23-9-5-4-6-10-23)35(33-30(40-31)22(3)37)24-15-17-25(18-16-24)36(38)39/h4-19H,1-3H3. The molecule has 0 amide bonds. The first-order valence-corrected chi connectivity index (χ1v) is 13.6. The van der Waals surface area contributed by atoms with Crippen LogP contribution in [0.2, 0.25) is 0 Å². The first-order valence-electron chi connectivity index (χ1n) is 12.7. The van der Waals surface area contributed by atoms with E-state index in [1.165, 1.54) is 30.8 Å². The van der Waals surface area contributed by atoms with Crippen molar-refractivity contribution in [3.63, 3.8) is 0 Å². The van der Waals surface area contributed by atoms with Crippen molar-refractivity contribution in [2.75, 3.05) is 10.0 Å². The number of rotatable bonds is 5. The van der Waals surface area contributed by atoms with Crippen LogP contribution in [-0.2, 0) is 9.79 Å². The lowest BCUT2D eigenvalue weighted by Crippen LogP contribution is -2.54. The summed E-state index contributed by atoms with van der Waals surface area (Å²) >= 11 is 1.32. The molecule has 1 unspecified atom stereocenters. The number of hydrazone groups is 2. The summed E-state index contributed by atoms with van der Waals surface area (Å²) in [5.74, 6) is -0.177. The number of carbonyl (C=O) groups excluding carboxylic acids is 1. The summed E-state index contributed by atoms with van der Waals surface area (Å²) in [5, 5.41) is 25.5. The van der Waals surface area contributed by atoms with Crippen LogP contribution in [0, 0.1) is 24.0 Å². The second-order valence-electron chi connectivity index (χ2n) is 9.72. The quantitative estimate of drug-likeness (QED) is 0.203. The van der Waals surface area contributed by atoms with E-state index < -0.39 is 9.92 Å². The van der Waals surface area contributed by atoms with Crippen LogP contribution in [0.3, 0.4) is 0 Å². The van der Waals surface area contributed by atoms with Crippen LogP contribution < -0.4 is 10.0 Å². The molecule has 1 spiro atoms. The molecule has 4 aromatic rings. The van der Waals surface area contributed by atoms with Gasteiger partial charge in [0.15, 0.2) is 10.8 Å². The van der Waals surface area contributed by atoms with Gasteiger partial charge in [0.05, 0.1) is 22.0 Å². The molecule has 2 aliphatic heterocycles. The van der Waals surface area contributed by atoms with Crippen molar-refractivity contribution in [1.82, 2.24) is 0 Å². The Morgan fingerprint density at radius 2 is 1.48 bits per heavy atom. The maximum Gasteiger partial charge on any atom is 0.269 e. The van der Waals surface area contributed by atoms with Crippen LogP contribution >= 0.6 is 11.8 Å². The largest absolute Gasteiger partial charge is 0.292 e. The zero-order chi connectivity index (χ0) is 28.0. The Labute approximate surface area is 235 Å². The minimum Gasteiger partial charge on any atom is -0.292 e. The lowest BCUT2D eigenvalue weighted by atomic mass is 9.90. The molecule has 2 heterocycles. The number of non-ortho nitro benzene ring substituents is 1. The first-order chi connectivity index (χ1) is 19.3. The summed E-state index contributed by atoms with van der Waals surface area (Å²) in [6.07, 6.45) is 0. The van der Waals surface area contributed by atoms with E-state index in [1.54, 1.807) is 17.1 Å². The molecule has 8 nitrogen and oxygen atoms in total. The number of aryl methyl sites for hydroxylation is 2. The van der Waals surface area contributed by atoms with Crippen LogP contribution in [0.15, 0.2) is 107 Å². The molecular formula is C31H25N5O3S. The molecule has 40 heavy (non-hydrogen) atoms. The molecule has 0 saturated heterocycles. The van der Waals surface area contributed by atoms with Crippen molar-refractivity contribution in [3.05, 3.63) is 135 Å². The van der Waals surface area contributed by atoms with Crippen LogP contribution in [0.25, 0.3) is 0 Å². The summed E-state index contributed by atoms with van der Waals surface area (Å²) in [6.45, 7) is 5.62. The lowest BCUT2D eigenvalue weighted by Gasteiger charge is -2.47. The summed E-state index contributed by atoms with van der Waals surface area (Å²) < 4.78 is 0. The van der Waals surface area contributed by atoms with Gasteiger partial charge in [-0.3, -0.25) is 14.9 Å². The second-order valence-corrected chi connectivity index (χ2v) is 10.9. The Bertz CT molecular complexity index is 1720. The zero-order valence-corrected chi connectivity index (χ0v) is 22.9. The van der Waals surface area contributed by atoms with Gasteiger partial charge in [0.25, 0.3) is 5.69 Å². The van der Waals surface area contributed by atoms with E-state index in [0.717, 1.165) is 39.2 Å². The van der Waals surface area contributed by atoms with Crippen molar-refractivity contribution in [1.29, 1.82) is 0 Å². The van der Waals surface area contributed by atoms with Gasteiger partial charge in [0, 0.05) is 35.7 Å². The molecule has 0 aliphatic carbocycles. The van der Waals surface area contributed by atoms with Gasteiger partial charge in [-0.2, -0.15) is 10.2 Å². The first kappa shape index (κ1) is 25.5. The van der Waals surface area contributed by atoms with E-state index in [-0.39, 0.29) is 11.5 Å². The van der Waals surface area contributed by atoms with Gasteiger partial charge in [0.2, 0.25) is 4.99 Å². The minimum absolute atomic E-state index is 0.0281. The summed E-state index contributed by atoms with van der Waals surface area (Å²) in [7, 11) is 0. The number of hydrogen-bond acceptors (Lipinski definition) is 8. The molecule has 0 radical (unpaired) electrons. The van der Waals surface area contributed by atoms with Crippen molar-refractivity contribution >= 4 is 45.4 Å². The van der Waals surface area contributed by atoms with E-state index in [9.17, 15) is 14.9 Å². The van der Waals surface area contributed by atoms with E-state index >= 15 is 0 Å². The summed E-state index contributed by atoms with van der Waals surface area (Å²) in [5.41, 5.74) is 7.23. The number of Topliss-reactive ketones (excluding diaryl/α,β-unsaturated/α-hetero) is 1. The molecule has 2 aliphatic rings. The topological polar surface area (TPSA) is 91.4 Å². The van der Waals surface area contributed by atoms with Crippen LogP contribution in [0.5, 0.6) is 0 Å².